The van der Waals surface area contributed by atoms with Crippen LogP contribution in [0.2, 0.25) is 0 Å². The van der Waals surface area contributed by atoms with E-state index < -0.39 is 5.54 Å². The standard InChI is InChI=1S/C13H17NO2/c1-10(15)13(3,14-11(2)16)9-12-7-5-4-6-8-12/h4-8H,9H2,1-3H3,(H,14,16)/t13-/m0/s1. The molecule has 1 amide bonds. The fraction of sp³-hybridized carbons (Fsp3) is 0.385. The zero-order chi connectivity index (χ0) is 12.2. The number of carbonyl (C=O) groups is 2. The van der Waals surface area contributed by atoms with Crippen LogP contribution in [0.5, 0.6) is 0 Å². The van der Waals surface area contributed by atoms with Gasteiger partial charge in [0.2, 0.25) is 5.91 Å². The third kappa shape index (κ3) is 3.19. The van der Waals surface area contributed by atoms with Crippen molar-refractivity contribution in [2.24, 2.45) is 0 Å². The number of carbonyl (C=O) groups excluding carboxylic acids is 2. The van der Waals surface area contributed by atoms with Gasteiger partial charge in [-0.1, -0.05) is 30.3 Å². The predicted octanol–water partition coefficient (Wildman–Crippen LogP) is 1.71. The van der Waals surface area contributed by atoms with Gasteiger partial charge in [-0.3, -0.25) is 9.59 Å². The van der Waals surface area contributed by atoms with Crippen molar-refractivity contribution < 1.29 is 9.59 Å². The predicted molar refractivity (Wildman–Crippen MR) is 63.0 cm³/mol. The van der Waals surface area contributed by atoms with Crippen LogP contribution < -0.4 is 5.32 Å². The summed E-state index contributed by atoms with van der Waals surface area (Å²) in [4.78, 5) is 22.7. The Morgan fingerprint density at radius 2 is 1.75 bits per heavy atom. The Morgan fingerprint density at radius 1 is 1.19 bits per heavy atom. The lowest BCUT2D eigenvalue weighted by Crippen LogP contribution is -2.52. The Kier molecular flexibility index (Phi) is 3.82. The van der Waals surface area contributed by atoms with E-state index >= 15 is 0 Å². The first kappa shape index (κ1) is 12.4. The van der Waals surface area contributed by atoms with Crippen LogP contribution in [0.25, 0.3) is 0 Å². The molecule has 86 valence electrons. The topological polar surface area (TPSA) is 46.2 Å². The lowest BCUT2D eigenvalue weighted by atomic mass is 9.89. The quantitative estimate of drug-likeness (QED) is 0.838. The highest BCUT2D eigenvalue weighted by molar-refractivity contribution is 5.90. The molecule has 0 radical (unpaired) electrons. The third-order valence-corrected chi connectivity index (χ3v) is 2.63. The number of hydrogen-bond acceptors (Lipinski definition) is 2. The molecule has 0 saturated heterocycles. The molecule has 1 rings (SSSR count). The molecular formula is C13H17NO2. The first-order chi connectivity index (χ1) is 7.44. The number of Topliss-reactive ketones (excluding diaryl/α,β-unsaturated/α-hetero) is 1. The van der Waals surface area contributed by atoms with Gasteiger partial charge in [0, 0.05) is 13.3 Å². The van der Waals surface area contributed by atoms with Crippen molar-refractivity contribution in [2.45, 2.75) is 32.7 Å². The highest BCUT2D eigenvalue weighted by Gasteiger charge is 2.30. The maximum atomic E-state index is 11.6. The van der Waals surface area contributed by atoms with Crippen molar-refractivity contribution >= 4 is 11.7 Å². The summed E-state index contributed by atoms with van der Waals surface area (Å²) in [6.07, 6.45) is 0.517. The summed E-state index contributed by atoms with van der Waals surface area (Å²) in [5.74, 6) is -0.222. The van der Waals surface area contributed by atoms with E-state index in [1.54, 1.807) is 6.92 Å². The first-order valence-corrected chi connectivity index (χ1v) is 5.28. The second kappa shape index (κ2) is 4.92. The Labute approximate surface area is 95.9 Å². The first-order valence-electron chi connectivity index (χ1n) is 5.28. The molecular weight excluding hydrogens is 202 g/mol. The van der Waals surface area contributed by atoms with E-state index in [0.717, 1.165) is 5.56 Å². The summed E-state index contributed by atoms with van der Waals surface area (Å²) in [5, 5.41) is 2.72. The van der Waals surface area contributed by atoms with Gasteiger partial charge in [-0.2, -0.15) is 0 Å². The van der Waals surface area contributed by atoms with Crippen molar-refractivity contribution in [3.05, 3.63) is 35.9 Å². The molecule has 1 atom stereocenters. The molecule has 0 unspecified atom stereocenters. The summed E-state index contributed by atoms with van der Waals surface area (Å²) >= 11 is 0. The highest BCUT2D eigenvalue weighted by atomic mass is 16.2. The van der Waals surface area contributed by atoms with Crippen molar-refractivity contribution in [1.29, 1.82) is 0 Å². The van der Waals surface area contributed by atoms with E-state index in [1.165, 1.54) is 13.8 Å². The number of amides is 1. The summed E-state index contributed by atoms with van der Waals surface area (Å²) in [5.41, 5.74) is 0.224. The fourth-order valence-electron chi connectivity index (χ4n) is 1.65. The van der Waals surface area contributed by atoms with Gasteiger partial charge in [-0.05, 0) is 19.4 Å². The van der Waals surface area contributed by atoms with Crippen LogP contribution in [0.1, 0.15) is 26.3 Å². The Balaban J connectivity index is 2.87. The minimum atomic E-state index is -0.812. The zero-order valence-corrected chi connectivity index (χ0v) is 9.91. The second-order valence-electron chi connectivity index (χ2n) is 4.23. The molecule has 0 aliphatic carbocycles. The Hall–Kier alpha value is -1.64. The molecule has 0 spiro atoms. The summed E-state index contributed by atoms with van der Waals surface area (Å²) < 4.78 is 0. The summed E-state index contributed by atoms with van der Waals surface area (Å²) in [6.45, 7) is 4.68. The molecule has 3 heteroatoms. The monoisotopic (exact) mass is 219 g/mol. The molecule has 1 N–H and O–H groups in total. The van der Waals surface area contributed by atoms with E-state index in [4.69, 9.17) is 0 Å². The van der Waals surface area contributed by atoms with Crippen LogP contribution in [0.3, 0.4) is 0 Å². The van der Waals surface area contributed by atoms with Gasteiger partial charge in [0.15, 0.2) is 5.78 Å². The molecule has 0 fully saturated rings. The van der Waals surface area contributed by atoms with Gasteiger partial charge in [-0.15, -0.1) is 0 Å². The average Bonchev–Trinajstić information content (AvgIpc) is 2.17. The Bertz CT molecular complexity index is 386. The van der Waals surface area contributed by atoms with E-state index in [1.807, 2.05) is 30.3 Å². The van der Waals surface area contributed by atoms with Crippen molar-refractivity contribution in [3.8, 4) is 0 Å². The van der Waals surface area contributed by atoms with Crippen LogP contribution in [0, 0.1) is 0 Å². The maximum Gasteiger partial charge on any atom is 0.217 e. The molecule has 0 saturated carbocycles. The molecule has 0 heterocycles. The van der Waals surface area contributed by atoms with E-state index in [-0.39, 0.29) is 11.7 Å². The summed E-state index contributed by atoms with van der Waals surface area (Å²) in [6, 6.07) is 9.66. The minimum absolute atomic E-state index is 0.0356. The second-order valence-corrected chi connectivity index (χ2v) is 4.23. The number of hydrogen-bond donors (Lipinski definition) is 1. The lowest BCUT2D eigenvalue weighted by molar-refractivity contribution is -0.129. The summed E-state index contributed by atoms with van der Waals surface area (Å²) in [7, 11) is 0. The fourth-order valence-corrected chi connectivity index (χ4v) is 1.65. The smallest absolute Gasteiger partial charge is 0.217 e. The van der Waals surface area contributed by atoms with E-state index in [2.05, 4.69) is 5.32 Å². The third-order valence-electron chi connectivity index (χ3n) is 2.63. The number of benzene rings is 1. The molecule has 0 aromatic heterocycles. The molecule has 0 aliphatic rings. The van der Waals surface area contributed by atoms with E-state index in [0.29, 0.717) is 6.42 Å². The van der Waals surface area contributed by atoms with Crippen LogP contribution in [0.4, 0.5) is 0 Å². The van der Waals surface area contributed by atoms with Crippen LogP contribution in [-0.2, 0) is 16.0 Å². The van der Waals surface area contributed by atoms with Gasteiger partial charge in [-0.25, -0.2) is 0 Å². The van der Waals surface area contributed by atoms with Crippen molar-refractivity contribution in [3.63, 3.8) is 0 Å². The number of rotatable bonds is 4. The molecule has 0 bridgehead atoms. The zero-order valence-electron chi connectivity index (χ0n) is 9.91. The highest BCUT2D eigenvalue weighted by Crippen LogP contribution is 2.14. The van der Waals surface area contributed by atoms with Crippen LogP contribution in [-0.4, -0.2) is 17.2 Å². The molecule has 16 heavy (non-hydrogen) atoms. The largest absolute Gasteiger partial charge is 0.344 e. The van der Waals surface area contributed by atoms with Crippen molar-refractivity contribution in [1.82, 2.24) is 5.32 Å². The molecule has 1 aromatic carbocycles. The van der Waals surface area contributed by atoms with Crippen molar-refractivity contribution in [2.75, 3.05) is 0 Å². The normalized spacial score (nSPS) is 13.9. The van der Waals surface area contributed by atoms with Gasteiger partial charge in [0.05, 0.1) is 5.54 Å². The SMILES string of the molecule is CC(=O)N[C@@](C)(Cc1ccccc1)C(C)=O. The van der Waals surface area contributed by atoms with Gasteiger partial charge >= 0.3 is 0 Å². The van der Waals surface area contributed by atoms with Gasteiger partial charge < -0.3 is 5.32 Å². The maximum absolute atomic E-state index is 11.6. The Morgan fingerprint density at radius 3 is 2.19 bits per heavy atom. The lowest BCUT2D eigenvalue weighted by Gasteiger charge is -2.27. The van der Waals surface area contributed by atoms with Gasteiger partial charge in [0.25, 0.3) is 0 Å². The molecule has 3 nitrogen and oxygen atoms in total. The molecule has 0 aliphatic heterocycles. The molecule has 1 aromatic rings. The number of nitrogens with one attached hydrogen (secondary N) is 1. The number of ketones is 1. The van der Waals surface area contributed by atoms with Crippen LogP contribution in [0.15, 0.2) is 30.3 Å². The van der Waals surface area contributed by atoms with E-state index in [9.17, 15) is 9.59 Å². The minimum Gasteiger partial charge on any atom is -0.344 e. The average molecular weight is 219 g/mol. The van der Waals surface area contributed by atoms with Crippen LogP contribution >= 0.6 is 0 Å². The van der Waals surface area contributed by atoms with Gasteiger partial charge in [0.1, 0.15) is 0 Å².